The van der Waals surface area contributed by atoms with Gasteiger partial charge in [0.15, 0.2) is 17.6 Å². The van der Waals surface area contributed by atoms with Crippen molar-refractivity contribution in [1.29, 1.82) is 0 Å². The summed E-state index contributed by atoms with van der Waals surface area (Å²) in [5.41, 5.74) is 0.760. The molecule has 46 heavy (non-hydrogen) atoms. The number of hydrogen-bond acceptors (Lipinski definition) is 7. The Bertz CT molecular complexity index is 1770. The van der Waals surface area contributed by atoms with Gasteiger partial charge >= 0.3 is 5.69 Å². The number of rotatable bonds is 13. The Kier molecular flexibility index (Phi) is 10.7. The summed E-state index contributed by atoms with van der Waals surface area (Å²) in [7, 11) is 3.00. The second-order valence-electron chi connectivity index (χ2n) is 11.1. The third-order valence-corrected chi connectivity index (χ3v) is 8.03. The van der Waals surface area contributed by atoms with Crippen molar-refractivity contribution >= 4 is 16.8 Å². The zero-order chi connectivity index (χ0) is 32.6. The van der Waals surface area contributed by atoms with E-state index in [0.717, 1.165) is 10.1 Å². The fourth-order valence-electron chi connectivity index (χ4n) is 5.70. The van der Waals surface area contributed by atoms with Gasteiger partial charge in [-0.15, -0.1) is 0 Å². The predicted octanol–water partition coefficient (Wildman–Crippen LogP) is 4.30. The molecule has 1 aliphatic heterocycles. The summed E-state index contributed by atoms with van der Waals surface area (Å²) >= 11 is 0. The van der Waals surface area contributed by atoms with Crippen LogP contribution in [0.3, 0.4) is 0 Å². The number of fused-ring (bicyclic) bond motifs is 1. The average molecular weight is 638 g/mol. The zero-order valence-corrected chi connectivity index (χ0v) is 25.8. The number of nitrogens with zero attached hydrogens (tertiary/aromatic N) is 3. The first-order valence-electron chi connectivity index (χ1n) is 15.0. The van der Waals surface area contributed by atoms with Crippen molar-refractivity contribution in [1.82, 2.24) is 14.0 Å². The molecule has 0 spiro atoms. The molecule has 10 nitrogen and oxygen atoms in total. The smallest absolute Gasteiger partial charge is 0.332 e. The van der Waals surface area contributed by atoms with Crippen LogP contribution in [0.25, 0.3) is 10.9 Å². The minimum absolute atomic E-state index is 0.0840. The van der Waals surface area contributed by atoms with Gasteiger partial charge in [-0.05, 0) is 54.3 Å². The molecule has 1 saturated heterocycles. The highest BCUT2D eigenvalue weighted by Gasteiger charge is 2.28. The maximum Gasteiger partial charge on any atom is 0.332 e. The van der Waals surface area contributed by atoms with E-state index in [4.69, 9.17) is 18.9 Å². The molecule has 5 rings (SSSR count). The molecule has 0 N–H and O–H groups in total. The molecule has 1 fully saturated rings. The summed E-state index contributed by atoms with van der Waals surface area (Å²) in [6.07, 6.45) is -0.102. The second kappa shape index (κ2) is 15.0. The van der Waals surface area contributed by atoms with Gasteiger partial charge in [-0.3, -0.25) is 18.7 Å². The first kappa shape index (κ1) is 32.7. The van der Waals surface area contributed by atoms with E-state index < -0.39 is 36.7 Å². The molecule has 4 aromatic rings. The highest BCUT2D eigenvalue weighted by Crippen LogP contribution is 2.29. The number of aromatic nitrogens is 2. The largest absolute Gasteiger partial charge is 0.493 e. The first-order chi connectivity index (χ1) is 22.4. The van der Waals surface area contributed by atoms with Gasteiger partial charge < -0.3 is 23.8 Å². The van der Waals surface area contributed by atoms with Crippen LogP contribution in [0.2, 0.25) is 0 Å². The molecule has 1 unspecified atom stereocenters. The molecule has 1 atom stereocenters. The molecular formula is C34H37F2N3O7. The predicted molar refractivity (Wildman–Crippen MR) is 168 cm³/mol. The summed E-state index contributed by atoms with van der Waals surface area (Å²) < 4.78 is 51.0. The molecule has 244 valence electrons. The van der Waals surface area contributed by atoms with Crippen molar-refractivity contribution in [2.75, 3.05) is 47.3 Å². The number of benzene rings is 3. The number of methoxy groups -OCH3 is 2. The molecule has 0 radical (unpaired) electrons. The molecule has 3 aromatic carbocycles. The lowest BCUT2D eigenvalue weighted by Gasteiger charge is -2.34. The minimum Gasteiger partial charge on any atom is -0.493 e. The van der Waals surface area contributed by atoms with Gasteiger partial charge in [-0.1, -0.05) is 36.4 Å². The van der Waals surface area contributed by atoms with Crippen molar-refractivity contribution in [2.45, 2.75) is 38.1 Å². The average Bonchev–Trinajstić information content (AvgIpc) is 3.09. The molecule has 1 aliphatic rings. The van der Waals surface area contributed by atoms with Crippen molar-refractivity contribution in [3.63, 3.8) is 0 Å². The van der Waals surface area contributed by atoms with E-state index >= 15 is 0 Å². The number of carbonyl (C=O) groups excluding carboxylic acids is 1. The van der Waals surface area contributed by atoms with Gasteiger partial charge in [-0.2, -0.15) is 0 Å². The van der Waals surface area contributed by atoms with E-state index in [1.807, 2.05) is 30.3 Å². The molecule has 2 heterocycles. The van der Waals surface area contributed by atoms with Crippen LogP contribution in [0, 0.1) is 0 Å². The van der Waals surface area contributed by atoms with E-state index in [1.165, 1.54) is 30.9 Å². The number of halogens is 2. The van der Waals surface area contributed by atoms with E-state index in [0.29, 0.717) is 48.6 Å². The Hall–Kier alpha value is -4.71. The number of ether oxygens (including phenoxy) is 4. The van der Waals surface area contributed by atoms with E-state index in [9.17, 15) is 23.2 Å². The Balaban J connectivity index is 1.50. The van der Waals surface area contributed by atoms with Crippen LogP contribution in [0.1, 0.15) is 30.0 Å². The highest BCUT2D eigenvalue weighted by molar-refractivity contribution is 5.80. The number of hydrogen-bond donors (Lipinski definition) is 0. The summed E-state index contributed by atoms with van der Waals surface area (Å²) in [5.74, 6) is 0.829. The third-order valence-electron chi connectivity index (χ3n) is 8.03. The lowest BCUT2D eigenvalue weighted by atomic mass is 10.0. The van der Waals surface area contributed by atoms with Crippen LogP contribution >= 0.6 is 0 Å². The van der Waals surface area contributed by atoms with E-state index in [2.05, 4.69) is 0 Å². The fourth-order valence-corrected chi connectivity index (χ4v) is 5.70. The minimum atomic E-state index is -1.32. The number of piperidine rings is 1. The molecule has 0 aliphatic carbocycles. The van der Waals surface area contributed by atoms with E-state index in [1.54, 1.807) is 29.2 Å². The molecule has 0 saturated carbocycles. The Labute approximate surface area is 264 Å². The Morgan fingerprint density at radius 1 is 0.935 bits per heavy atom. The van der Waals surface area contributed by atoms with E-state index in [-0.39, 0.29) is 36.7 Å². The van der Waals surface area contributed by atoms with Crippen LogP contribution in [0.5, 0.6) is 17.2 Å². The number of carbonyl (C=O) groups is 1. The molecule has 1 aromatic heterocycles. The maximum absolute atomic E-state index is 14.2. The van der Waals surface area contributed by atoms with Gasteiger partial charge in [0.2, 0.25) is 5.91 Å². The van der Waals surface area contributed by atoms with Crippen LogP contribution < -0.4 is 25.5 Å². The Morgan fingerprint density at radius 2 is 1.70 bits per heavy atom. The lowest BCUT2D eigenvalue weighted by molar-refractivity contribution is -0.138. The van der Waals surface area contributed by atoms with Gasteiger partial charge in [0, 0.05) is 13.1 Å². The summed E-state index contributed by atoms with van der Waals surface area (Å²) in [4.78, 5) is 42.8. The monoisotopic (exact) mass is 637 g/mol. The zero-order valence-electron chi connectivity index (χ0n) is 25.8. The highest BCUT2D eigenvalue weighted by atomic mass is 19.1. The molecule has 12 heteroatoms. The fraction of sp³-hybridized carbons (Fsp3) is 0.382. The normalized spacial score (nSPS) is 14.9. The maximum atomic E-state index is 14.2. The van der Waals surface area contributed by atoms with Crippen LogP contribution in [0.15, 0.2) is 76.3 Å². The standard InChI is InChI=1S/C34H37F2N3O7/c1-43-30-13-10-24(15-31(30)44-2)19-38-33(41)28-16-26(46-27(17-35)18-36)11-12-29(28)39(34(38)42)25-9-6-14-37(20-25)32(40)22-45-21-23-7-4-3-5-8-23/h3-5,7-8,10-13,15-16,25,27H,6,9,14,17-22H2,1-2H3. The SMILES string of the molecule is COc1ccc(Cn2c(=O)c3cc(OC(CF)CF)ccc3n(C3CCCN(C(=O)COCc4ccccc4)C3)c2=O)cc1OC. The van der Waals surface area contributed by atoms with Crippen molar-refractivity contribution in [3.05, 3.63) is 98.7 Å². The summed E-state index contributed by atoms with van der Waals surface area (Å²) in [6, 6.07) is 18.6. The van der Waals surface area contributed by atoms with Crippen molar-refractivity contribution in [2.24, 2.45) is 0 Å². The second-order valence-corrected chi connectivity index (χ2v) is 11.1. The number of amides is 1. The number of alkyl halides is 2. The molecule has 0 bridgehead atoms. The van der Waals surface area contributed by atoms with Gasteiger partial charge in [-0.25, -0.2) is 13.6 Å². The van der Waals surface area contributed by atoms with Crippen molar-refractivity contribution in [3.8, 4) is 17.2 Å². The van der Waals surface area contributed by atoms with Crippen LogP contribution in [-0.4, -0.2) is 73.3 Å². The van der Waals surface area contributed by atoms with Crippen molar-refractivity contribution < 1.29 is 32.5 Å². The molecular weight excluding hydrogens is 600 g/mol. The van der Waals surface area contributed by atoms with Gasteiger partial charge in [0.25, 0.3) is 5.56 Å². The molecule has 1 amide bonds. The topological polar surface area (TPSA) is 101 Å². The third kappa shape index (κ3) is 7.23. The van der Waals surface area contributed by atoms with Crippen LogP contribution in [0.4, 0.5) is 8.78 Å². The van der Waals surface area contributed by atoms with Gasteiger partial charge in [0.1, 0.15) is 25.7 Å². The summed E-state index contributed by atoms with van der Waals surface area (Å²) in [5, 5.41) is 0.142. The number of likely N-dealkylation sites (tertiary alicyclic amines) is 1. The summed E-state index contributed by atoms with van der Waals surface area (Å²) in [6.45, 7) is -1.24. The Morgan fingerprint density at radius 3 is 2.41 bits per heavy atom. The first-order valence-corrected chi connectivity index (χ1v) is 15.0. The lowest BCUT2D eigenvalue weighted by Crippen LogP contribution is -2.47. The van der Waals surface area contributed by atoms with Crippen LogP contribution in [-0.2, 0) is 22.7 Å². The quantitative estimate of drug-likeness (QED) is 0.216. The van der Waals surface area contributed by atoms with Gasteiger partial charge in [0.05, 0.1) is 44.3 Å².